The SMILES string of the molecule is COc1ccc([C@H](O)[C@@H](C)[C@@H](C)C(=O)N(C(C)C)C(C)C)cc1. The highest BCUT2D eigenvalue weighted by Gasteiger charge is 2.32. The number of ether oxygens (including phenoxy) is 1. The minimum absolute atomic E-state index is 0.0926. The molecule has 0 aliphatic rings. The molecule has 130 valence electrons. The largest absolute Gasteiger partial charge is 0.497 e. The smallest absolute Gasteiger partial charge is 0.226 e. The van der Waals surface area contributed by atoms with E-state index in [2.05, 4.69) is 0 Å². The second kappa shape index (κ2) is 8.34. The Morgan fingerprint density at radius 1 is 1.00 bits per heavy atom. The third-order valence-corrected chi connectivity index (χ3v) is 4.50. The minimum atomic E-state index is -0.680. The molecule has 0 spiro atoms. The third kappa shape index (κ3) is 4.71. The zero-order valence-corrected chi connectivity index (χ0v) is 15.4. The van der Waals surface area contributed by atoms with E-state index >= 15 is 0 Å². The molecule has 0 radical (unpaired) electrons. The minimum Gasteiger partial charge on any atom is -0.497 e. The van der Waals surface area contributed by atoms with Crippen molar-refractivity contribution in [3.8, 4) is 5.75 Å². The molecule has 0 bridgehead atoms. The lowest BCUT2D eigenvalue weighted by molar-refractivity contribution is -0.141. The van der Waals surface area contributed by atoms with Gasteiger partial charge in [-0.1, -0.05) is 26.0 Å². The fraction of sp³-hybridized carbons (Fsp3) is 0.632. The standard InChI is InChI=1S/C19H31NO3/c1-12(2)20(13(3)4)19(22)15(6)14(5)18(21)16-8-10-17(23-7)11-9-16/h8-15,18,21H,1-7H3/t14-,15+,18+/m0/s1. The molecular formula is C19H31NO3. The first-order valence-electron chi connectivity index (χ1n) is 8.34. The number of methoxy groups -OCH3 is 1. The Morgan fingerprint density at radius 3 is 1.87 bits per heavy atom. The molecule has 0 fully saturated rings. The van der Waals surface area contributed by atoms with Crippen molar-refractivity contribution in [2.24, 2.45) is 11.8 Å². The van der Waals surface area contributed by atoms with Crippen LogP contribution in [0.3, 0.4) is 0 Å². The van der Waals surface area contributed by atoms with E-state index in [9.17, 15) is 9.90 Å². The number of amides is 1. The Morgan fingerprint density at radius 2 is 1.48 bits per heavy atom. The molecular weight excluding hydrogens is 290 g/mol. The Labute approximate surface area is 140 Å². The first-order chi connectivity index (χ1) is 10.7. The van der Waals surface area contributed by atoms with E-state index in [0.29, 0.717) is 0 Å². The number of aliphatic hydroxyl groups excluding tert-OH is 1. The summed E-state index contributed by atoms with van der Waals surface area (Å²) in [5, 5.41) is 10.6. The first kappa shape index (κ1) is 19.5. The number of aliphatic hydroxyl groups is 1. The molecule has 0 saturated heterocycles. The molecule has 1 amide bonds. The molecule has 0 heterocycles. The highest BCUT2D eigenvalue weighted by Crippen LogP contribution is 2.30. The van der Waals surface area contributed by atoms with E-state index in [4.69, 9.17) is 4.74 Å². The van der Waals surface area contributed by atoms with Gasteiger partial charge in [-0.05, 0) is 51.3 Å². The van der Waals surface area contributed by atoms with Gasteiger partial charge in [0.05, 0.1) is 13.2 Å². The van der Waals surface area contributed by atoms with E-state index in [-0.39, 0.29) is 29.8 Å². The molecule has 0 aliphatic heterocycles. The Hall–Kier alpha value is -1.55. The van der Waals surface area contributed by atoms with Crippen molar-refractivity contribution >= 4 is 5.91 Å². The van der Waals surface area contributed by atoms with E-state index in [1.807, 2.05) is 70.7 Å². The number of rotatable bonds is 7. The second-order valence-corrected chi connectivity index (χ2v) is 6.80. The fourth-order valence-electron chi connectivity index (χ4n) is 2.94. The van der Waals surface area contributed by atoms with Gasteiger partial charge < -0.3 is 14.7 Å². The summed E-state index contributed by atoms with van der Waals surface area (Å²) in [7, 11) is 1.61. The van der Waals surface area contributed by atoms with Crippen LogP contribution in [-0.4, -0.2) is 35.1 Å². The van der Waals surface area contributed by atoms with Gasteiger partial charge >= 0.3 is 0 Å². The van der Waals surface area contributed by atoms with Gasteiger partial charge in [0.1, 0.15) is 5.75 Å². The average Bonchev–Trinajstić information content (AvgIpc) is 2.52. The topological polar surface area (TPSA) is 49.8 Å². The quantitative estimate of drug-likeness (QED) is 0.834. The molecule has 4 heteroatoms. The van der Waals surface area contributed by atoms with Crippen LogP contribution in [0, 0.1) is 11.8 Å². The lowest BCUT2D eigenvalue weighted by Gasteiger charge is -2.35. The molecule has 23 heavy (non-hydrogen) atoms. The third-order valence-electron chi connectivity index (χ3n) is 4.50. The van der Waals surface area contributed by atoms with Gasteiger partial charge in [-0.15, -0.1) is 0 Å². The number of nitrogens with zero attached hydrogens (tertiary/aromatic N) is 1. The van der Waals surface area contributed by atoms with Crippen LogP contribution in [0.1, 0.15) is 53.2 Å². The van der Waals surface area contributed by atoms with Crippen molar-refractivity contribution in [3.05, 3.63) is 29.8 Å². The first-order valence-corrected chi connectivity index (χ1v) is 8.34. The number of carbonyl (C=O) groups excluding carboxylic acids is 1. The predicted molar refractivity (Wildman–Crippen MR) is 93.4 cm³/mol. The van der Waals surface area contributed by atoms with Crippen LogP contribution in [-0.2, 0) is 4.79 Å². The van der Waals surface area contributed by atoms with Crippen LogP contribution >= 0.6 is 0 Å². The fourth-order valence-corrected chi connectivity index (χ4v) is 2.94. The van der Waals surface area contributed by atoms with Crippen LogP contribution in [0.4, 0.5) is 0 Å². The van der Waals surface area contributed by atoms with Crippen molar-refractivity contribution in [1.82, 2.24) is 4.90 Å². The molecule has 0 aromatic heterocycles. The van der Waals surface area contributed by atoms with Crippen molar-refractivity contribution in [1.29, 1.82) is 0 Å². The molecule has 0 saturated carbocycles. The maximum Gasteiger partial charge on any atom is 0.226 e. The average molecular weight is 321 g/mol. The molecule has 3 atom stereocenters. The van der Waals surface area contributed by atoms with Crippen LogP contribution in [0.2, 0.25) is 0 Å². The van der Waals surface area contributed by atoms with E-state index < -0.39 is 6.10 Å². The summed E-state index contributed by atoms with van der Waals surface area (Å²) in [6, 6.07) is 7.64. The maximum atomic E-state index is 12.8. The summed E-state index contributed by atoms with van der Waals surface area (Å²) < 4.78 is 5.14. The summed E-state index contributed by atoms with van der Waals surface area (Å²) >= 11 is 0. The highest BCUT2D eigenvalue weighted by molar-refractivity contribution is 5.79. The molecule has 1 aromatic rings. The van der Waals surface area contributed by atoms with Crippen LogP contribution < -0.4 is 4.74 Å². The summed E-state index contributed by atoms with van der Waals surface area (Å²) in [4.78, 5) is 14.7. The normalized spacial score (nSPS) is 15.4. The maximum absolute atomic E-state index is 12.8. The van der Waals surface area contributed by atoms with Crippen LogP contribution in [0.25, 0.3) is 0 Å². The summed E-state index contributed by atoms with van der Waals surface area (Å²) in [5.74, 6) is 0.423. The van der Waals surface area contributed by atoms with Crippen molar-refractivity contribution in [2.75, 3.05) is 7.11 Å². The summed E-state index contributed by atoms with van der Waals surface area (Å²) in [6.45, 7) is 11.9. The van der Waals surface area contributed by atoms with Crippen LogP contribution in [0.5, 0.6) is 5.75 Å². The van der Waals surface area contributed by atoms with E-state index in [1.165, 1.54) is 0 Å². The lowest BCUT2D eigenvalue weighted by Crippen LogP contribution is -2.46. The lowest BCUT2D eigenvalue weighted by atomic mass is 9.85. The monoisotopic (exact) mass is 321 g/mol. The second-order valence-electron chi connectivity index (χ2n) is 6.80. The number of benzene rings is 1. The van der Waals surface area contributed by atoms with Crippen molar-refractivity contribution in [2.45, 2.75) is 59.7 Å². The van der Waals surface area contributed by atoms with E-state index in [1.54, 1.807) is 7.11 Å². The van der Waals surface area contributed by atoms with Gasteiger partial charge in [-0.2, -0.15) is 0 Å². The van der Waals surface area contributed by atoms with Gasteiger partial charge in [0.15, 0.2) is 0 Å². The molecule has 1 N–H and O–H groups in total. The Balaban J connectivity index is 2.88. The van der Waals surface area contributed by atoms with Gasteiger partial charge in [0.25, 0.3) is 0 Å². The summed E-state index contributed by atoms with van der Waals surface area (Å²) in [6.07, 6.45) is -0.680. The van der Waals surface area contributed by atoms with Gasteiger partial charge in [-0.25, -0.2) is 0 Å². The van der Waals surface area contributed by atoms with Crippen molar-refractivity contribution < 1.29 is 14.6 Å². The highest BCUT2D eigenvalue weighted by atomic mass is 16.5. The molecule has 1 rings (SSSR count). The van der Waals surface area contributed by atoms with Gasteiger partial charge in [0.2, 0.25) is 5.91 Å². The van der Waals surface area contributed by atoms with Gasteiger partial charge in [-0.3, -0.25) is 4.79 Å². The zero-order valence-electron chi connectivity index (χ0n) is 15.4. The van der Waals surface area contributed by atoms with Crippen molar-refractivity contribution in [3.63, 3.8) is 0 Å². The number of carbonyl (C=O) groups is 1. The van der Waals surface area contributed by atoms with Crippen LogP contribution in [0.15, 0.2) is 24.3 Å². The molecule has 0 unspecified atom stereocenters. The number of hydrogen-bond donors (Lipinski definition) is 1. The Bertz CT molecular complexity index is 488. The predicted octanol–water partition coefficient (Wildman–Crippen LogP) is 3.65. The Kier molecular flexibility index (Phi) is 7.07. The summed E-state index contributed by atoms with van der Waals surface area (Å²) in [5.41, 5.74) is 0.804. The van der Waals surface area contributed by atoms with Gasteiger partial charge in [0, 0.05) is 18.0 Å². The molecule has 4 nitrogen and oxygen atoms in total. The van der Waals surface area contributed by atoms with E-state index in [0.717, 1.165) is 11.3 Å². The molecule has 1 aromatic carbocycles. The molecule has 0 aliphatic carbocycles. The zero-order chi connectivity index (χ0) is 17.7. The number of hydrogen-bond acceptors (Lipinski definition) is 3.